The van der Waals surface area contributed by atoms with Gasteiger partial charge in [0, 0.05) is 5.56 Å². The summed E-state index contributed by atoms with van der Waals surface area (Å²) < 4.78 is 5.15. The molecule has 2 atom stereocenters. The van der Waals surface area contributed by atoms with Crippen LogP contribution in [0.5, 0.6) is 0 Å². The molecular formula is C15H19NO4. The SMILES string of the molecule is Cc1cc(C)c(C(=O)NC2COCC2C(=O)O)c(C)c1. The van der Waals surface area contributed by atoms with Crippen LogP contribution in [0.1, 0.15) is 27.0 Å². The summed E-state index contributed by atoms with van der Waals surface area (Å²) in [7, 11) is 0. The minimum atomic E-state index is -0.940. The van der Waals surface area contributed by atoms with Gasteiger partial charge in [0.2, 0.25) is 0 Å². The lowest BCUT2D eigenvalue weighted by Crippen LogP contribution is -2.43. The topological polar surface area (TPSA) is 75.6 Å². The molecule has 0 saturated carbocycles. The van der Waals surface area contributed by atoms with E-state index < -0.39 is 17.9 Å². The Labute approximate surface area is 117 Å². The van der Waals surface area contributed by atoms with Gasteiger partial charge in [-0.15, -0.1) is 0 Å². The summed E-state index contributed by atoms with van der Waals surface area (Å²) in [5.74, 6) is -1.85. The summed E-state index contributed by atoms with van der Waals surface area (Å²) in [5, 5.41) is 11.9. The fourth-order valence-corrected chi connectivity index (χ4v) is 2.72. The zero-order valence-electron chi connectivity index (χ0n) is 11.9. The molecule has 0 bridgehead atoms. The van der Waals surface area contributed by atoms with Crippen LogP contribution in [0, 0.1) is 26.7 Å². The number of ether oxygens (including phenoxy) is 1. The van der Waals surface area contributed by atoms with Crippen molar-refractivity contribution in [3.63, 3.8) is 0 Å². The molecular weight excluding hydrogens is 258 g/mol. The molecule has 1 aliphatic heterocycles. The number of amides is 1. The molecule has 0 aliphatic carbocycles. The maximum absolute atomic E-state index is 12.4. The van der Waals surface area contributed by atoms with Crippen LogP contribution in [0.2, 0.25) is 0 Å². The Hall–Kier alpha value is -1.88. The molecule has 1 aliphatic rings. The molecule has 108 valence electrons. The average Bonchev–Trinajstić information content (AvgIpc) is 2.75. The van der Waals surface area contributed by atoms with Crippen molar-refractivity contribution in [1.82, 2.24) is 5.32 Å². The van der Waals surface area contributed by atoms with Crippen molar-refractivity contribution in [2.24, 2.45) is 5.92 Å². The number of rotatable bonds is 3. The van der Waals surface area contributed by atoms with E-state index in [4.69, 9.17) is 9.84 Å². The number of aliphatic carboxylic acids is 1. The van der Waals surface area contributed by atoms with Crippen LogP contribution in [-0.4, -0.2) is 36.2 Å². The molecule has 2 N–H and O–H groups in total. The van der Waals surface area contributed by atoms with Crippen molar-refractivity contribution < 1.29 is 19.4 Å². The molecule has 1 saturated heterocycles. The summed E-state index contributed by atoms with van der Waals surface area (Å²) in [6.07, 6.45) is 0. The lowest BCUT2D eigenvalue weighted by molar-refractivity contribution is -0.142. The second kappa shape index (κ2) is 5.63. The Morgan fingerprint density at radius 3 is 2.35 bits per heavy atom. The zero-order chi connectivity index (χ0) is 14.9. The van der Waals surface area contributed by atoms with Crippen molar-refractivity contribution in [3.8, 4) is 0 Å². The highest BCUT2D eigenvalue weighted by molar-refractivity contribution is 5.97. The number of carboxylic acid groups (broad SMARTS) is 1. The largest absolute Gasteiger partial charge is 0.481 e. The van der Waals surface area contributed by atoms with E-state index in [9.17, 15) is 9.59 Å². The summed E-state index contributed by atoms with van der Waals surface area (Å²) in [4.78, 5) is 23.4. The van der Waals surface area contributed by atoms with Crippen molar-refractivity contribution in [2.45, 2.75) is 26.8 Å². The molecule has 5 heteroatoms. The molecule has 2 unspecified atom stereocenters. The van der Waals surface area contributed by atoms with Crippen LogP contribution in [0.15, 0.2) is 12.1 Å². The first-order chi connectivity index (χ1) is 9.40. The van der Waals surface area contributed by atoms with Gasteiger partial charge in [0.05, 0.1) is 19.3 Å². The lowest BCUT2D eigenvalue weighted by Gasteiger charge is -2.18. The van der Waals surface area contributed by atoms with E-state index in [1.54, 1.807) is 0 Å². The van der Waals surface area contributed by atoms with Crippen molar-refractivity contribution in [3.05, 3.63) is 34.4 Å². The summed E-state index contributed by atoms with van der Waals surface area (Å²) in [6, 6.07) is 3.42. The van der Waals surface area contributed by atoms with Crippen molar-refractivity contribution in [2.75, 3.05) is 13.2 Å². The summed E-state index contributed by atoms with van der Waals surface area (Å²) in [5.41, 5.74) is 3.51. The maximum Gasteiger partial charge on any atom is 0.311 e. The van der Waals surface area contributed by atoms with E-state index in [1.807, 2.05) is 32.9 Å². The van der Waals surface area contributed by atoms with E-state index in [-0.39, 0.29) is 19.1 Å². The Bertz CT molecular complexity index is 530. The predicted molar refractivity (Wildman–Crippen MR) is 73.9 cm³/mol. The number of hydrogen-bond acceptors (Lipinski definition) is 3. The average molecular weight is 277 g/mol. The number of carboxylic acids is 1. The lowest BCUT2D eigenvalue weighted by atomic mass is 9.98. The third kappa shape index (κ3) is 2.82. The fourth-order valence-electron chi connectivity index (χ4n) is 2.72. The van der Waals surface area contributed by atoms with Crippen LogP contribution in [-0.2, 0) is 9.53 Å². The van der Waals surface area contributed by atoms with Crippen molar-refractivity contribution in [1.29, 1.82) is 0 Å². The molecule has 5 nitrogen and oxygen atoms in total. The van der Waals surface area contributed by atoms with Gasteiger partial charge in [0.15, 0.2) is 0 Å². The van der Waals surface area contributed by atoms with Crippen molar-refractivity contribution >= 4 is 11.9 Å². The second-order valence-corrected chi connectivity index (χ2v) is 5.34. The highest BCUT2D eigenvalue weighted by Crippen LogP contribution is 2.19. The quantitative estimate of drug-likeness (QED) is 0.876. The summed E-state index contributed by atoms with van der Waals surface area (Å²) >= 11 is 0. The molecule has 1 amide bonds. The van der Waals surface area contributed by atoms with Crippen LogP contribution >= 0.6 is 0 Å². The number of carbonyl (C=O) groups is 2. The fraction of sp³-hybridized carbons (Fsp3) is 0.467. The minimum Gasteiger partial charge on any atom is -0.481 e. The van der Waals surface area contributed by atoms with Crippen LogP contribution < -0.4 is 5.32 Å². The Kier molecular flexibility index (Phi) is 4.09. The van der Waals surface area contributed by atoms with E-state index >= 15 is 0 Å². The highest BCUT2D eigenvalue weighted by atomic mass is 16.5. The van der Waals surface area contributed by atoms with Gasteiger partial charge in [-0.05, 0) is 31.9 Å². The van der Waals surface area contributed by atoms with Crippen LogP contribution in [0.3, 0.4) is 0 Å². The predicted octanol–water partition coefficient (Wildman–Crippen LogP) is 1.44. The zero-order valence-corrected chi connectivity index (χ0v) is 11.9. The van der Waals surface area contributed by atoms with Gasteiger partial charge in [0.1, 0.15) is 5.92 Å². The minimum absolute atomic E-state index is 0.145. The normalized spacial score (nSPS) is 21.8. The number of aryl methyl sites for hydroxylation is 3. The van der Waals surface area contributed by atoms with Crippen LogP contribution in [0.4, 0.5) is 0 Å². The first-order valence-corrected chi connectivity index (χ1v) is 6.59. The van der Waals surface area contributed by atoms with E-state index in [0.29, 0.717) is 5.56 Å². The third-order valence-corrected chi connectivity index (χ3v) is 3.62. The molecule has 0 spiro atoms. The second-order valence-electron chi connectivity index (χ2n) is 5.34. The standard InChI is InChI=1S/C15H19NO4/c1-8-4-9(2)13(10(3)5-8)14(17)16-12-7-20-6-11(12)15(18)19/h4-5,11-12H,6-7H2,1-3H3,(H,16,17)(H,18,19). The molecule has 20 heavy (non-hydrogen) atoms. The number of benzene rings is 1. The summed E-state index contributed by atoms with van der Waals surface area (Å²) in [6.45, 7) is 6.13. The molecule has 1 heterocycles. The Balaban J connectivity index is 2.19. The van der Waals surface area contributed by atoms with Gasteiger partial charge in [-0.3, -0.25) is 9.59 Å². The van der Waals surface area contributed by atoms with Gasteiger partial charge in [-0.25, -0.2) is 0 Å². The van der Waals surface area contributed by atoms with Gasteiger partial charge >= 0.3 is 5.97 Å². The van der Waals surface area contributed by atoms with Gasteiger partial charge < -0.3 is 15.2 Å². The first kappa shape index (κ1) is 14.5. The Morgan fingerprint density at radius 2 is 1.80 bits per heavy atom. The Morgan fingerprint density at radius 1 is 1.20 bits per heavy atom. The van der Waals surface area contributed by atoms with Gasteiger partial charge in [0.25, 0.3) is 5.91 Å². The number of hydrogen-bond donors (Lipinski definition) is 2. The molecule has 1 fully saturated rings. The number of nitrogens with one attached hydrogen (secondary N) is 1. The third-order valence-electron chi connectivity index (χ3n) is 3.62. The first-order valence-electron chi connectivity index (χ1n) is 6.59. The molecule has 1 aromatic carbocycles. The molecule has 2 rings (SSSR count). The monoisotopic (exact) mass is 277 g/mol. The van der Waals surface area contributed by atoms with Gasteiger partial charge in [-0.2, -0.15) is 0 Å². The smallest absolute Gasteiger partial charge is 0.311 e. The highest BCUT2D eigenvalue weighted by Gasteiger charge is 2.35. The van der Waals surface area contributed by atoms with Crippen LogP contribution in [0.25, 0.3) is 0 Å². The number of carbonyl (C=O) groups excluding carboxylic acids is 1. The van der Waals surface area contributed by atoms with E-state index in [0.717, 1.165) is 16.7 Å². The van der Waals surface area contributed by atoms with E-state index in [2.05, 4.69) is 5.32 Å². The molecule has 1 aromatic rings. The maximum atomic E-state index is 12.4. The van der Waals surface area contributed by atoms with E-state index in [1.165, 1.54) is 0 Å². The molecule has 0 aromatic heterocycles. The van der Waals surface area contributed by atoms with Gasteiger partial charge in [-0.1, -0.05) is 17.7 Å². The molecule has 0 radical (unpaired) electrons.